The van der Waals surface area contributed by atoms with E-state index >= 15 is 0 Å². The molecule has 0 amide bonds. The maximum absolute atomic E-state index is 5.94. The van der Waals surface area contributed by atoms with Crippen LogP contribution < -0.4 is 16.0 Å². The van der Waals surface area contributed by atoms with E-state index in [0.717, 1.165) is 37.7 Å². The lowest BCUT2D eigenvalue weighted by atomic mass is 10.3. The van der Waals surface area contributed by atoms with Crippen LogP contribution in [0.25, 0.3) is 0 Å². The van der Waals surface area contributed by atoms with Gasteiger partial charge in [-0.15, -0.1) is 0 Å². The molecule has 0 aliphatic carbocycles. The summed E-state index contributed by atoms with van der Waals surface area (Å²) in [5.41, 5.74) is 7.30. The standard InChI is InChI=1S/C9H14ClN5/c1-6-7(11)8(14-9(10)13-6)15-4-2-12-3-5-15/h12H,2-5,11H2,1H3. The van der Waals surface area contributed by atoms with Crippen molar-refractivity contribution in [2.75, 3.05) is 36.8 Å². The van der Waals surface area contributed by atoms with Crippen molar-refractivity contribution in [3.05, 3.63) is 11.0 Å². The van der Waals surface area contributed by atoms with Crippen molar-refractivity contribution in [2.45, 2.75) is 6.92 Å². The van der Waals surface area contributed by atoms with E-state index in [1.165, 1.54) is 0 Å². The maximum Gasteiger partial charge on any atom is 0.224 e. The molecule has 15 heavy (non-hydrogen) atoms. The Labute approximate surface area is 93.6 Å². The number of aryl methyl sites for hydroxylation is 1. The number of nitrogens with two attached hydrogens (primary N) is 1. The third-order valence-corrected chi connectivity index (χ3v) is 2.67. The smallest absolute Gasteiger partial charge is 0.224 e. The highest BCUT2D eigenvalue weighted by molar-refractivity contribution is 6.28. The molecule has 0 bridgehead atoms. The Bertz CT molecular complexity index is 362. The van der Waals surface area contributed by atoms with Crippen LogP contribution in [0, 0.1) is 6.92 Å². The highest BCUT2D eigenvalue weighted by Gasteiger charge is 2.16. The molecule has 0 radical (unpaired) electrons. The van der Waals surface area contributed by atoms with Gasteiger partial charge in [0.1, 0.15) is 0 Å². The summed E-state index contributed by atoms with van der Waals surface area (Å²) in [5.74, 6) is 0.758. The number of halogens is 1. The van der Waals surface area contributed by atoms with Gasteiger partial charge in [0, 0.05) is 26.2 Å². The van der Waals surface area contributed by atoms with Gasteiger partial charge in [-0.25, -0.2) is 4.98 Å². The molecule has 82 valence electrons. The van der Waals surface area contributed by atoms with Gasteiger partial charge in [-0.3, -0.25) is 0 Å². The number of hydrogen-bond acceptors (Lipinski definition) is 5. The predicted octanol–water partition coefficient (Wildman–Crippen LogP) is 0.430. The lowest BCUT2D eigenvalue weighted by Gasteiger charge is -2.29. The van der Waals surface area contributed by atoms with Gasteiger partial charge >= 0.3 is 0 Å². The van der Waals surface area contributed by atoms with Crippen LogP contribution >= 0.6 is 11.6 Å². The summed E-state index contributed by atoms with van der Waals surface area (Å²) in [5, 5.41) is 3.53. The van der Waals surface area contributed by atoms with E-state index in [-0.39, 0.29) is 5.28 Å². The second-order valence-electron chi connectivity index (χ2n) is 3.55. The summed E-state index contributed by atoms with van der Waals surface area (Å²) in [7, 11) is 0. The molecule has 0 spiro atoms. The fraction of sp³-hybridized carbons (Fsp3) is 0.556. The van der Waals surface area contributed by atoms with Crippen LogP contribution in [0.5, 0.6) is 0 Å². The molecule has 0 aromatic carbocycles. The van der Waals surface area contributed by atoms with Crippen molar-refractivity contribution in [3.8, 4) is 0 Å². The van der Waals surface area contributed by atoms with Gasteiger partial charge in [-0.2, -0.15) is 4.98 Å². The molecular formula is C9H14ClN5. The Balaban J connectivity index is 2.33. The number of hydrogen-bond donors (Lipinski definition) is 2. The first-order valence-corrected chi connectivity index (χ1v) is 5.31. The molecule has 1 saturated heterocycles. The quantitative estimate of drug-likeness (QED) is 0.682. The summed E-state index contributed by atoms with van der Waals surface area (Å²) < 4.78 is 0. The second kappa shape index (κ2) is 4.20. The maximum atomic E-state index is 5.94. The van der Waals surface area contributed by atoms with Gasteiger partial charge in [0.05, 0.1) is 11.4 Å². The van der Waals surface area contributed by atoms with Gasteiger partial charge < -0.3 is 16.0 Å². The van der Waals surface area contributed by atoms with Crippen molar-refractivity contribution < 1.29 is 0 Å². The van der Waals surface area contributed by atoms with Crippen molar-refractivity contribution in [3.63, 3.8) is 0 Å². The molecule has 2 heterocycles. The molecule has 1 aliphatic heterocycles. The SMILES string of the molecule is Cc1nc(Cl)nc(N2CCNCC2)c1N. The first-order valence-electron chi connectivity index (χ1n) is 4.94. The third-order valence-electron chi connectivity index (χ3n) is 2.51. The number of nitrogens with one attached hydrogen (secondary N) is 1. The van der Waals surface area contributed by atoms with Crippen molar-refractivity contribution in [2.24, 2.45) is 0 Å². The average Bonchev–Trinajstić information content (AvgIpc) is 2.24. The van der Waals surface area contributed by atoms with Gasteiger partial charge in [-0.1, -0.05) is 0 Å². The molecule has 5 nitrogen and oxygen atoms in total. The Morgan fingerprint density at radius 1 is 1.33 bits per heavy atom. The van der Waals surface area contributed by atoms with E-state index in [0.29, 0.717) is 5.69 Å². The number of aromatic nitrogens is 2. The van der Waals surface area contributed by atoms with Crippen LogP contribution in [0.15, 0.2) is 0 Å². The molecule has 1 aromatic heterocycles. The monoisotopic (exact) mass is 227 g/mol. The zero-order valence-electron chi connectivity index (χ0n) is 8.63. The Morgan fingerprint density at radius 2 is 2.00 bits per heavy atom. The fourth-order valence-corrected chi connectivity index (χ4v) is 1.86. The van der Waals surface area contributed by atoms with E-state index < -0.39 is 0 Å². The average molecular weight is 228 g/mol. The summed E-state index contributed by atoms with van der Waals surface area (Å²) >= 11 is 5.82. The van der Waals surface area contributed by atoms with Crippen LogP contribution in [0.2, 0.25) is 5.28 Å². The number of nitrogens with zero attached hydrogens (tertiary/aromatic N) is 3. The number of rotatable bonds is 1. The molecule has 0 saturated carbocycles. The van der Waals surface area contributed by atoms with E-state index in [2.05, 4.69) is 20.2 Å². The third kappa shape index (κ3) is 2.13. The molecule has 1 aromatic rings. The van der Waals surface area contributed by atoms with E-state index in [9.17, 15) is 0 Å². The minimum absolute atomic E-state index is 0.259. The van der Waals surface area contributed by atoms with Crippen molar-refractivity contribution >= 4 is 23.1 Å². The Kier molecular flexibility index (Phi) is 2.93. The van der Waals surface area contributed by atoms with Crippen LogP contribution in [0.4, 0.5) is 11.5 Å². The number of piperazine rings is 1. The zero-order valence-corrected chi connectivity index (χ0v) is 9.38. The van der Waals surface area contributed by atoms with E-state index in [1.807, 2.05) is 6.92 Å². The normalized spacial score (nSPS) is 16.8. The van der Waals surface area contributed by atoms with Gasteiger partial charge in [0.15, 0.2) is 5.82 Å². The Hall–Kier alpha value is -1.07. The summed E-state index contributed by atoms with van der Waals surface area (Å²) in [6.07, 6.45) is 0. The number of anilines is 2. The van der Waals surface area contributed by atoms with E-state index in [4.69, 9.17) is 17.3 Å². The molecule has 0 atom stereocenters. The molecule has 2 rings (SSSR count). The topological polar surface area (TPSA) is 67.1 Å². The second-order valence-corrected chi connectivity index (χ2v) is 3.89. The fourth-order valence-electron chi connectivity index (χ4n) is 1.65. The molecule has 6 heteroatoms. The van der Waals surface area contributed by atoms with E-state index in [1.54, 1.807) is 0 Å². The minimum Gasteiger partial charge on any atom is -0.394 e. The first-order chi connectivity index (χ1) is 7.18. The van der Waals surface area contributed by atoms with Crippen LogP contribution in [0.3, 0.4) is 0 Å². The highest BCUT2D eigenvalue weighted by atomic mass is 35.5. The van der Waals surface area contributed by atoms with Crippen molar-refractivity contribution in [1.29, 1.82) is 0 Å². The first kappa shape index (κ1) is 10.4. The number of nitrogen functional groups attached to an aromatic ring is 1. The van der Waals surface area contributed by atoms with Gasteiger partial charge in [-0.05, 0) is 18.5 Å². The Morgan fingerprint density at radius 3 is 2.67 bits per heavy atom. The summed E-state index contributed by atoms with van der Waals surface area (Å²) in [4.78, 5) is 10.3. The van der Waals surface area contributed by atoms with Crippen LogP contribution in [0.1, 0.15) is 5.69 Å². The van der Waals surface area contributed by atoms with Crippen LogP contribution in [-0.2, 0) is 0 Å². The lowest BCUT2D eigenvalue weighted by molar-refractivity contribution is 0.585. The van der Waals surface area contributed by atoms with Gasteiger partial charge in [0.25, 0.3) is 0 Å². The molecule has 1 aliphatic rings. The zero-order chi connectivity index (χ0) is 10.8. The summed E-state index contributed by atoms with van der Waals surface area (Å²) in [6.45, 7) is 5.53. The predicted molar refractivity (Wildman–Crippen MR) is 61.3 cm³/mol. The minimum atomic E-state index is 0.259. The lowest BCUT2D eigenvalue weighted by Crippen LogP contribution is -2.44. The molecule has 3 N–H and O–H groups in total. The largest absolute Gasteiger partial charge is 0.394 e. The van der Waals surface area contributed by atoms with Crippen molar-refractivity contribution in [1.82, 2.24) is 15.3 Å². The van der Waals surface area contributed by atoms with Gasteiger partial charge in [0.2, 0.25) is 5.28 Å². The summed E-state index contributed by atoms with van der Waals surface area (Å²) in [6, 6.07) is 0. The molecule has 0 unspecified atom stereocenters. The highest BCUT2D eigenvalue weighted by Crippen LogP contribution is 2.24. The van der Waals surface area contributed by atoms with Crippen LogP contribution in [-0.4, -0.2) is 36.1 Å². The molecule has 1 fully saturated rings. The molecular weight excluding hydrogens is 214 g/mol.